The first-order valence-electron chi connectivity index (χ1n) is 7.26. The molecular weight excluding hydrogens is 358 g/mol. The van der Waals surface area contributed by atoms with Gasteiger partial charge >= 0.3 is 0 Å². The van der Waals surface area contributed by atoms with Gasteiger partial charge in [-0.25, -0.2) is 16.8 Å². The van der Waals surface area contributed by atoms with E-state index in [4.69, 9.17) is 14.2 Å². The summed E-state index contributed by atoms with van der Waals surface area (Å²) in [7, 11) is -7.93. The Morgan fingerprint density at radius 1 is 0.917 bits per heavy atom. The number of hydrogen-bond donors (Lipinski definition) is 0. The Hall–Kier alpha value is -1.36. The molecule has 138 valence electrons. The molecule has 1 rings (SSSR count). The van der Waals surface area contributed by atoms with E-state index in [1.165, 1.54) is 24.3 Å². The molecule has 0 aliphatic heterocycles. The van der Waals surface area contributed by atoms with Crippen molar-refractivity contribution in [3.63, 3.8) is 0 Å². The van der Waals surface area contributed by atoms with Crippen LogP contribution in [0.25, 0.3) is 0 Å². The molecule has 0 saturated heterocycles. The smallest absolute Gasteiger partial charge is 0.245 e. The third kappa shape index (κ3) is 6.27. The fourth-order valence-corrected chi connectivity index (χ4v) is 4.95. The topological polar surface area (TPSA) is 99.2 Å². The average molecular weight is 381 g/mol. The molecule has 0 bridgehead atoms. The van der Waals surface area contributed by atoms with Gasteiger partial charge in [0.05, 0.1) is 18.2 Å². The zero-order chi connectivity index (χ0) is 18.4. The van der Waals surface area contributed by atoms with E-state index in [-0.39, 0.29) is 12.3 Å². The van der Waals surface area contributed by atoms with Gasteiger partial charge in [0.2, 0.25) is 20.0 Å². The number of anilines is 1. The van der Waals surface area contributed by atoms with E-state index < -0.39 is 26.3 Å². The number of rotatable bonds is 10. The molecule has 0 spiro atoms. The Bertz CT molecular complexity index is 676. The SMILES string of the molecule is CCOC(COc1ccc(N(S(C)(=O)=O)S(C)(=O)=O)cc1)OCC. The molecule has 8 nitrogen and oxygen atoms in total. The van der Waals surface area contributed by atoms with E-state index in [2.05, 4.69) is 0 Å². The maximum Gasteiger partial charge on any atom is 0.245 e. The van der Waals surface area contributed by atoms with Gasteiger partial charge < -0.3 is 14.2 Å². The lowest BCUT2D eigenvalue weighted by Crippen LogP contribution is -2.35. The highest BCUT2D eigenvalue weighted by molar-refractivity contribution is 8.09. The average Bonchev–Trinajstić information content (AvgIpc) is 2.43. The summed E-state index contributed by atoms with van der Waals surface area (Å²) < 4.78 is 63.4. The van der Waals surface area contributed by atoms with Gasteiger partial charge in [-0.05, 0) is 38.1 Å². The van der Waals surface area contributed by atoms with Gasteiger partial charge in [-0.3, -0.25) is 0 Å². The van der Waals surface area contributed by atoms with Crippen LogP contribution in [-0.4, -0.2) is 55.5 Å². The van der Waals surface area contributed by atoms with Gasteiger partial charge in [0.1, 0.15) is 12.4 Å². The Labute approximate surface area is 143 Å². The second kappa shape index (κ2) is 8.65. The highest BCUT2D eigenvalue weighted by Gasteiger charge is 2.27. The van der Waals surface area contributed by atoms with Crippen LogP contribution >= 0.6 is 0 Å². The standard InChI is InChI=1S/C14H23NO7S2/c1-5-20-14(21-6-2)11-22-13-9-7-12(8-10-13)15(23(3,16)17)24(4,18)19/h7-10,14H,5-6,11H2,1-4H3. The molecular formula is C14H23NO7S2. The molecule has 1 aromatic rings. The summed E-state index contributed by atoms with van der Waals surface area (Å²) in [6, 6.07) is 5.67. The molecule has 0 aliphatic rings. The Morgan fingerprint density at radius 3 is 1.75 bits per heavy atom. The molecule has 0 aliphatic carbocycles. The van der Waals surface area contributed by atoms with Gasteiger partial charge in [-0.1, -0.05) is 0 Å². The summed E-state index contributed by atoms with van der Waals surface area (Å²) >= 11 is 0. The minimum atomic E-state index is -3.96. The van der Waals surface area contributed by atoms with E-state index >= 15 is 0 Å². The summed E-state index contributed by atoms with van der Waals surface area (Å²) in [6.07, 6.45) is 1.14. The lowest BCUT2D eigenvalue weighted by Gasteiger charge is -2.20. The van der Waals surface area contributed by atoms with Crippen LogP contribution in [0.4, 0.5) is 5.69 Å². The molecule has 1 aromatic carbocycles. The van der Waals surface area contributed by atoms with Crippen LogP contribution in [0.1, 0.15) is 13.8 Å². The molecule has 0 fully saturated rings. The summed E-state index contributed by atoms with van der Waals surface area (Å²) in [5.74, 6) is 0.435. The zero-order valence-corrected chi connectivity index (χ0v) is 15.8. The van der Waals surface area contributed by atoms with Gasteiger partial charge in [0, 0.05) is 13.2 Å². The quantitative estimate of drug-likeness (QED) is 0.561. The number of ether oxygens (including phenoxy) is 3. The van der Waals surface area contributed by atoms with Gasteiger partial charge in [0.15, 0.2) is 6.29 Å². The number of nitrogens with zero attached hydrogens (tertiary/aromatic N) is 1. The molecule has 0 N–H and O–H groups in total. The second-order valence-electron chi connectivity index (χ2n) is 4.87. The maximum atomic E-state index is 11.7. The largest absolute Gasteiger partial charge is 0.488 e. The molecule has 0 amide bonds. The van der Waals surface area contributed by atoms with Gasteiger partial charge in [-0.15, -0.1) is 0 Å². The van der Waals surface area contributed by atoms with Crippen molar-refractivity contribution in [2.75, 3.05) is 36.0 Å². The molecule has 0 aromatic heterocycles. The lowest BCUT2D eigenvalue weighted by molar-refractivity contribution is -0.152. The third-order valence-corrected chi connectivity index (χ3v) is 5.99. The van der Waals surface area contributed by atoms with Crippen LogP contribution < -0.4 is 8.45 Å². The number of hydrogen-bond acceptors (Lipinski definition) is 7. The lowest BCUT2D eigenvalue weighted by atomic mass is 10.3. The number of benzene rings is 1. The minimum absolute atomic E-state index is 0.0125. The molecule has 0 heterocycles. The van der Waals surface area contributed by atoms with Crippen molar-refractivity contribution in [2.45, 2.75) is 20.1 Å². The molecule has 0 saturated carbocycles. The van der Waals surface area contributed by atoms with Crippen molar-refractivity contribution in [3.05, 3.63) is 24.3 Å². The molecule has 0 atom stereocenters. The van der Waals surface area contributed by atoms with Crippen molar-refractivity contribution < 1.29 is 31.0 Å². The van der Waals surface area contributed by atoms with Crippen LogP contribution in [0, 0.1) is 0 Å². The predicted molar refractivity (Wildman–Crippen MR) is 91.1 cm³/mol. The fraction of sp³-hybridized carbons (Fsp3) is 0.571. The Morgan fingerprint density at radius 2 is 1.38 bits per heavy atom. The van der Waals surface area contributed by atoms with Crippen LogP contribution in [-0.2, 0) is 29.5 Å². The van der Waals surface area contributed by atoms with Crippen molar-refractivity contribution in [3.8, 4) is 5.75 Å². The summed E-state index contributed by atoms with van der Waals surface area (Å²) in [6.45, 7) is 4.79. The molecule has 10 heteroatoms. The third-order valence-electron chi connectivity index (χ3n) is 2.74. The van der Waals surface area contributed by atoms with E-state index in [9.17, 15) is 16.8 Å². The normalized spacial score (nSPS) is 12.4. The monoisotopic (exact) mass is 381 g/mol. The summed E-state index contributed by atoms with van der Waals surface area (Å²) in [5, 5.41) is 0. The maximum absolute atomic E-state index is 11.7. The predicted octanol–water partition coefficient (Wildman–Crippen LogP) is 1.19. The van der Waals surface area contributed by atoms with E-state index in [1.54, 1.807) is 0 Å². The first kappa shape index (κ1) is 20.7. The molecule has 0 radical (unpaired) electrons. The Kier molecular flexibility index (Phi) is 7.46. The van der Waals surface area contributed by atoms with Crippen LogP contribution in [0.15, 0.2) is 24.3 Å². The first-order valence-corrected chi connectivity index (χ1v) is 11.0. The van der Waals surface area contributed by atoms with E-state index in [0.717, 1.165) is 12.5 Å². The first-order chi connectivity index (χ1) is 11.1. The fourth-order valence-electron chi connectivity index (χ4n) is 1.97. The summed E-state index contributed by atoms with van der Waals surface area (Å²) in [4.78, 5) is 0. The van der Waals surface area contributed by atoms with Gasteiger partial charge in [-0.2, -0.15) is 3.71 Å². The highest BCUT2D eigenvalue weighted by Crippen LogP contribution is 2.24. The highest BCUT2D eigenvalue weighted by atomic mass is 32.3. The van der Waals surface area contributed by atoms with Crippen molar-refractivity contribution in [2.24, 2.45) is 0 Å². The van der Waals surface area contributed by atoms with E-state index in [1.807, 2.05) is 13.8 Å². The van der Waals surface area contributed by atoms with Crippen molar-refractivity contribution in [1.29, 1.82) is 0 Å². The van der Waals surface area contributed by atoms with Crippen molar-refractivity contribution >= 4 is 25.7 Å². The van der Waals surface area contributed by atoms with Crippen molar-refractivity contribution in [1.82, 2.24) is 0 Å². The Balaban J connectivity index is 2.88. The van der Waals surface area contributed by atoms with Crippen LogP contribution in [0.5, 0.6) is 5.75 Å². The summed E-state index contributed by atoms with van der Waals surface area (Å²) in [5.41, 5.74) is 0.0125. The minimum Gasteiger partial charge on any atom is -0.488 e. The van der Waals surface area contributed by atoms with Gasteiger partial charge in [0.25, 0.3) is 0 Å². The van der Waals surface area contributed by atoms with E-state index in [0.29, 0.717) is 22.7 Å². The van der Waals surface area contributed by atoms with Crippen LogP contribution in [0.2, 0.25) is 0 Å². The number of sulfonamides is 2. The molecule has 24 heavy (non-hydrogen) atoms. The second-order valence-corrected chi connectivity index (χ2v) is 8.76. The zero-order valence-electron chi connectivity index (χ0n) is 14.1. The van der Waals surface area contributed by atoms with Crippen LogP contribution in [0.3, 0.4) is 0 Å². The molecule has 0 unspecified atom stereocenters.